The molecule has 0 aliphatic heterocycles. The predicted octanol–water partition coefficient (Wildman–Crippen LogP) is 3.89. The van der Waals surface area contributed by atoms with E-state index in [4.69, 9.17) is 5.26 Å². The zero-order valence-corrected chi connectivity index (χ0v) is 9.85. The Hall–Kier alpha value is -1.87. The van der Waals surface area contributed by atoms with Gasteiger partial charge in [0.1, 0.15) is 5.01 Å². The van der Waals surface area contributed by atoms with Crippen LogP contribution < -0.4 is 0 Å². The number of rotatable bonds is 2. The number of halogens is 3. The fourth-order valence-electron chi connectivity index (χ4n) is 1.42. The summed E-state index contributed by atoms with van der Waals surface area (Å²) in [6, 6.07) is 6.80. The molecule has 0 fully saturated rings. The van der Waals surface area contributed by atoms with E-state index in [2.05, 4.69) is 4.98 Å². The molecule has 0 spiro atoms. The SMILES string of the molecule is N#CCc1nc(-c2ccc(C(F)(F)F)cc2)cs1. The lowest BCUT2D eigenvalue weighted by Gasteiger charge is -2.06. The van der Waals surface area contributed by atoms with E-state index in [1.807, 2.05) is 6.07 Å². The molecule has 1 aromatic heterocycles. The maximum atomic E-state index is 12.4. The molecule has 0 radical (unpaired) electrons. The molecule has 0 unspecified atom stereocenters. The molecule has 0 amide bonds. The Morgan fingerprint density at radius 1 is 1.22 bits per heavy atom. The lowest BCUT2D eigenvalue weighted by Crippen LogP contribution is -2.03. The van der Waals surface area contributed by atoms with E-state index >= 15 is 0 Å². The monoisotopic (exact) mass is 268 g/mol. The van der Waals surface area contributed by atoms with Crippen LogP contribution in [0.2, 0.25) is 0 Å². The van der Waals surface area contributed by atoms with Gasteiger partial charge in [0.2, 0.25) is 0 Å². The molecule has 2 nitrogen and oxygen atoms in total. The van der Waals surface area contributed by atoms with Crippen LogP contribution in [-0.2, 0) is 12.6 Å². The van der Waals surface area contributed by atoms with E-state index in [1.165, 1.54) is 23.5 Å². The summed E-state index contributed by atoms with van der Waals surface area (Å²) in [4.78, 5) is 4.18. The smallest absolute Gasteiger partial charge is 0.240 e. The highest BCUT2D eigenvalue weighted by Crippen LogP contribution is 2.31. The molecule has 18 heavy (non-hydrogen) atoms. The zero-order valence-electron chi connectivity index (χ0n) is 9.03. The van der Waals surface area contributed by atoms with E-state index in [9.17, 15) is 13.2 Å². The normalized spacial score (nSPS) is 11.2. The molecular formula is C12H7F3N2S. The van der Waals surface area contributed by atoms with Crippen LogP contribution in [0.3, 0.4) is 0 Å². The average Bonchev–Trinajstić information content (AvgIpc) is 2.77. The van der Waals surface area contributed by atoms with Gasteiger partial charge >= 0.3 is 6.18 Å². The molecule has 1 heterocycles. The second kappa shape index (κ2) is 4.78. The lowest BCUT2D eigenvalue weighted by atomic mass is 10.1. The van der Waals surface area contributed by atoms with Gasteiger partial charge in [-0.2, -0.15) is 18.4 Å². The van der Waals surface area contributed by atoms with E-state index < -0.39 is 11.7 Å². The summed E-state index contributed by atoms with van der Waals surface area (Å²) in [6.07, 6.45) is -4.11. The molecule has 2 aromatic rings. The minimum atomic E-state index is -4.33. The predicted molar refractivity (Wildman–Crippen MR) is 61.9 cm³/mol. The first kappa shape index (κ1) is 12.6. The van der Waals surface area contributed by atoms with Gasteiger partial charge in [0, 0.05) is 10.9 Å². The van der Waals surface area contributed by atoms with Crippen molar-refractivity contribution in [3.05, 3.63) is 40.2 Å². The number of hydrogen-bond donors (Lipinski definition) is 0. The van der Waals surface area contributed by atoms with Crippen LogP contribution in [0.5, 0.6) is 0 Å². The number of aromatic nitrogens is 1. The van der Waals surface area contributed by atoms with Crippen molar-refractivity contribution in [1.29, 1.82) is 5.26 Å². The van der Waals surface area contributed by atoms with Crippen LogP contribution in [0.1, 0.15) is 10.6 Å². The molecule has 0 saturated heterocycles. The quantitative estimate of drug-likeness (QED) is 0.828. The fourth-order valence-corrected chi connectivity index (χ4v) is 2.16. The van der Waals surface area contributed by atoms with Gasteiger partial charge in [0.05, 0.1) is 23.7 Å². The molecule has 1 aromatic carbocycles. The van der Waals surface area contributed by atoms with Crippen LogP contribution >= 0.6 is 11.3 Å². The lowest BCUT2D eigenvalue weighted by molar-refractivity contribution is -0.137. The number of nitrogens with zero attached hydrogens (tertiary/aromatic N) is 2. The van der Waals surface area contributed by atoms with Crippen LogP contribution in [0.4, 0.5) is 13.2 Å². The summed E-state index contributed by atoms with van der Waals surface area (Å²) in [5, 5.41) is 10.9. The number of alkyl halides is 3. The molecule has 0 aliphatic rings. The Morgan fingerprint density at radius 2 is 1.89 bits per heavy atom. The van der Waals surface area contributed by atoms with Crippen molar-refractivity contribution in [3.8, 4) is 17.3 Å². The summed E-state index contributed by atoms with van der Waals surface area (Å²) in [5.74, 6) is 0. The summed E-state index contributed by atoms with van der Waals surface area (Å²) in [5.41, 5.74) is 0.529. The molecular weight excluding hydrogens is 261 g/mol. The Labute approximate surface area is 105 Å². The Kier molecular flexibility index (Phi) is 3.34. The summed E-state index contributed by atoms with van der Waals surface area (Å²) in [6.45, 7) is 0. The van der Waals surface area contributed by atoms with Gasteiger partial charge in [-0.05, 0) is 12.1 Å². The first-order valence-corrected chi connectivity index (χ1v) is 5.87. The van der Waals surface area contributed by atoms with E-state index in [1.54, 1.807) is 5.38 Å². The standard InChI is InChI=1S/C12H7F3N2S/c13-12(14,15)9-3-1-8(2-4-9)10-7-18-11(17-10)5-6-16/h1-4,7H,5H2. The van der Waals surface area contributed by atoms with Crippen molar-refractivity contribution >= 4 is 11.3 Å². The van der Waals surface area contributed by atoms with Gasteiger partial charge in [-0.3, -0.25) is 0 Å². The second-order valence-electron chi connectivity index (χ2n) is 3.54. The fraction of sp³-hybridized carbons (Fsp3) is 0.167. The third kappa shape index (κ3) is 2.68. The Balaban J connectivity index is 2.26. The number of hydrogen-bond acceptors (Lipinski definition) is 3. The van der Waals surface area contributed by atoms with Crippen LogP contribution in [-0.4, -0.2) is 4.98 Å². The molecule has 0 bridgehead atoms. The van der Waals surface area contributed by atoms with Crippen molar-refractivity contribution in [2.75, 3.05) is 0 Å². The van der Waals surface area contributed by atoms with E-state index in [0.717, 1.165) is 12.1 Å². The van der Waals surface area contributed by atoms with Crippen molar-refractivity contribution in [2.24, 2.45) is 0 Å². The maximum absolute atomic E-state index is 12.4. The highest BCUT2D eigenvalue weighted by molar-refractivity contribution is 7.10. The second-order valence-corrected chi connectivity index (χ2v) is 4.48. The first-order valence-electron chi connectivity index (χ1n) is 4.99. The molecule has 0 saturated carbocycles. The summed E-state index contributed by atoms with van der Waals surface area (Å²) < 4.78 is 37.1. The van der Waals surface area contributed by atoms with Crippen LogP contribution in [0.15, 0.2) is 29.6 Å². The van der Waals surface area contributed by atoms with Gasteiger partial charge in [0.25, 0.3) is 0 Å². The van der Waals surface area contributed by atoms with Crippen molar-refractivity contribution < 1.29 is 13.2 Å². The largest absolute Gasteiger partial charge is 0.416 e. The molecule has 0 N–H and O–H groups in total. The van der Waals surface area contributed by atoms with Gasteiger partial charge in [-0.15, -0.1) is 11.3 Å². The molecule has 0 aliphatic carbocycles. The number of thiazole rings is 1. The van der Waals surface area contributed by atoms with Crippen molar-refractivity contribution in [2.45, 2.75) is 12.6 Å². The van der Waals surface area contributed by atoms with Crippen molar-refractivity contribution in [3.63, 3.8) is 0 Å². The zero-order chi connectivity index (χ0) is 13.2. The highest BCUT2D eigenvalue weighted by Gasteiger charge is 2.30. The number of benzene rings is 1. The van der Waals surface area contributed by atoms with E-state index in [-0.39, 0.29) is 6.42 Å². The summed E-state index contributed by atoms with van der Waals surface area (Å²) in [7, 11) is 0. The average molecular weight is 268 g/mol. The van der Waals surface area contributed by atoms with Gasteiger partial charge < -0.3 is 0 Å². The van der Waals surface area contributed by atoms with Crippen LogP contribution in [0.25, 0.3) is 11.3 Å². The van der Waals surface area contributed by atoms with Gasteiger partial charge in [-0.1, -0.05) is 12.1 Å². The molecule has 6 heteroatoms. The topological polar surface area (TPSA) is 36.7 Å². The van der Waals surface area contributed by atoms with Gasteiger partial charge in [0.15, 0.2) is 0 Å². The molecule has 92 valence electrons. The third-order valence-corrected chi connectivity index (χ3v) is 3.14. The minimum Gasteiger partial charge on any atom is -0.240 e. The van der Waals surface area contributed by atoms with Crippen molar-refractivity contribution in [1.82, 2.24) is 4.98 Å². The number of nitriles is 1. The van der Waals surface area contributed by atoms with Crippen LogP contribution in [0, 0.1) is 11.3 Å². The summed E-state index contributed by atoms with van der Waals surface area (Å²) >= 11 is 1.32. The Morgan fingerprint density at radius 3 is 2.44 bits per heavy atom. The minimum absolute atomic E-state index is 0.214. The maximum Gasteiger partial charge on any atom is 0.416 e. The molecule has 2 rings (SSSR count). The van der Waals surface area contributed by atoms with Gasteiger partial charge in [-0.25, -0.2) is 4.98 Å². The Bertz CT molecular complexity index is 579. The highest BCUT2D eigenvalue weighted by atomic mass is 32.1. The third-order valence-electron chi connectivity index (χ3n) is 2.29. The first-order chi connectivity index (χ1) is 8.50. The van der Waals surface area contributed by atoms with E-state index in [0.29, 0.717) is 16.3 Å². The molecule has 0 atom stereocenters.